The van der Waals surface area contributed by atoms with E-state index >= 15 is 0 Å². The van der Waals surface area contributed by atoms with Crippen LogP contribution in [0.5, 0.6) is 0 Å². The van der Waals surface area contributed by atoms with Gasteiger partial charge in [0.25, 0.3) is 5.91 Å². The van der Waals surface area contributed by atoms with E-state index in [1.54, 1.807) is 24.3 Å². The summed E-state index contributed by atoms with van der Waals surface area (Å²) in [5.74, 6) is -0.372. The molecule has 1 saturated carbocycles. The number of ketones is 1. The molecule has 0 bridgehead atoms. The molecule has 136 valence electrons. The SMILES string of the molecule is CCCCNC(=O)C1(NC(=O)c2ccc(C(C)=O)cc2)CCCCC1. The number of Topliss-reactive ketones (excluding diaryl/α,β-unsaturated/α-hetero) is 1. The van der Waals surface area contributed by atoms with E-state index in [1.165, 1.54) is 6.92 Å². The Balaban J connectivity index is 2.11. The predicted molar refractivity (Wildman–Crippen MR) is 97.6 cm³/mol. The van der Waals surface area contributed by atoms with Crippen molar-refractivity contribution in [2.45, 2.75) is 64.3 Å². The molecule has 0 heterocycles. The average molecular weight is 344 g/mol. The van der Waals surface area contributed by atoms with Crippen LogP contribution in [0.3, 0.4) is 0 Å². The van der Waals surface area contributed by atoms with Crippen LogP contribution in [0, 0.1) is 0 Å². The second-order valence-corrected chi connectivity index (χ2v) is 6.84. The molecular formula is C20H28N2O3. The van der Waals surface area contributed by atoms with E-state index in [1.807, 2.05) is 0 Å². The number of nitrogens with one attached hydrogen (secondary N) is 2. The molecule has 5 nitrogen and oxygen atoms in total. The van der Waals surface area contributed by atoms with Crippen LogP contribution in [0.25, 0.3) is 0 Å². The molecule has 1 aliphatic rings. The zero-order valence-corrected chi connectivity index (χ0v) is 15.2. The van der Waals surface area contributed by atoms with Crippen molar-refractivity contribution in [3.63, 3.8) is 0 Å². The van der Waals surface area contributed by atoms with Crippen LogP contribution >= 0.6 is 0 Å². The zero-order chi connectivity index (χ0) is 18.3. The maximum Gasteiger partial charge on any atom is 0.252 e. The van der Waals surface area contributed by atoms with Crippen LogP contribution in [-0.4, -0.2) is 29.7 Å². The monoisotopic (exact) mass is 344 g/mol. The van der Waals surface area contributed by atoms with E-state index < -0.39 is 5.54 Å². The fraction of sp³-hybridized carbons (Fsp3) is 0.550. The maximum absolute atomic E-state index is 12.7. The van der Waals surface area contributed by atoms with E-state index in [-0.39, 0.29) is 17.6 Å². The molecule has 5 heteroatoms. The Morgan fingerprint density at radius 2 is 1.60 bits per heavy atom. The Kier molecular flexibility index (Phi) is 6.73. The van der Waals surface area contributed by atoms with Crippen molar-refractivity contribution in [2.75, 3.05) is 6.54 Å². The zero-order valence-electron chi connectivity index (χ0n) is 15.2. The highest BCUT2D eigenvalue weighted by Gasteiger charge is 2.40. The standard InChI is InChI=1S/C20H28N2O3/c1-3-4-14-21-19(25)20(12-6-5-7-13-20)22-18(24)17-10-8-16(9-11-17)15(2)23/h8-11H,3-7,12-14H2,1-2H3,(H,21,25)(H,22,24). The summed E-state index contributed by atoms with van der Waals surface area (Å²) in [6, 6.07) is 6.56. The normalized spacial score (nSPS) is 16.1. The molecule has 0 saturated heterocycles. The molecule has 0 unspecified atom stereocenters. The van der Waals surface area contributed by atoms with Crippen molar-refractivity contribution in [2.24, 2.45) is 0 Å². The Bertz CT molecular complexity index is 616. The number of carbonyl (C=O) groups is 3. The van der Waals surface area contributed by atoms with E-state index in [4.69, 9.17) is 0 Å². The van der Waals surface area contributed by atoms with Gasteiger partial charge in [-0.25, -0.2) is 0 Å². The quantitative estimate of drug-likeness (QED) is 0.589. The van der Waals surface area contributed by atoms with Gasteiger partial charge in [-0.15, -0.1) is 0 Å². The molecule has 2 rings (SSSR count). The summed E-state index contributed by atoms with van der Waals surface area (Å²) in [7, 11) is 0. The van der Waals surface area contributed by atoms with Crippen LogP contribution in [0.2, 0.25) is 0 Å². The fourth-order valence-electron chi connectivity index (χ4n) is 3.26. The first-order valence-electron chi connectivity index (χ1n) is 9.20. The summed E-state index contributed by atoms with van der Waals surface area (Å²) < 4.78 is 0. The topological polar surface area (TPSA) is 75.3 Å². The first-order chi connectivity index (χ1) is 12.0. The maximum atomic E-state index is 12.7. The van der Waals surface area contributed by atoms with Gasteiger partial charge in [0.1, 0.15) is 5.54 Å². The molecule has 2 N–H and O–H groups in total. The Morgan fingerprint density at radius 3 is 2.16 bits per heavy atom. The van der Waals surface area contributed by atoms with Gasteiger partial charge in [-0.05, 0) is 38.3 Å². The molecular weight excluding hydrogens is 316 g/mol. The molecule has 1 aliphatic carbocycles. The van der Waals surface area contributed by atoms with Crippen molar-refractivity contribution in [3.8, 4) is 0 Å². The third-order valence-corrected chi connectivity index (χ3v) is 4.86. The second-order valence-electron chi connectivity index (χ2n) is 6.84. The largest absolute Gasteiger partial charge is 0.354 e. The average Bonchev–Trinajstić information content (AvgIpc) is 2.62. The van der Waals surface area contributed by atoms with Gasteiger partial charge in [0, 0.05) is 17.7 Å². The molecule has 0 atom stereocenters. The predicted octanol–water partition coefficient (Wildman–Crippen LogP) is 3.24. The molecule has 0 spiro atoms. The highest BCUT2D eigenvalue weighted by atomic mass is 16.2. The Labute approximate surface area is 149 Å². The molecule has 1 aromatic rings. The molecule has 1 fully saturated rings. The molecule has 0 aromatic heterocycles. The van der Waals surface area contributed by atoms with Gasteiger partial charge in [-0.3, -0.25) is 14.4 Å². The van der Waals surface area contributed by atoms with Gasteiger partial charge < -0.3 is 10.6 Å². The van der Waals surface area contributed by atoms with Crippen LogP contribution in [0.4, 0.5) is 0 Å². The van der Waals surface area contributed by atoms with Gasteiger partial charge >= 0.3 is 0 Å². The third kappa shape index (κ3) is 4.91. The lowest BCUT2D eigenvalue weighted by Gasteiger charge is -2.36. The van der Waals surface area contributed by atoms with E-state index in [0.717, 1.165) is 32.1 Å². The lowest BCUT2D eigenvalue weighted by molar-refractivity contribution is -0.128. The van der Waals surface area contributed by atoms with Crippen molar-refractivity contribution in [1.29, 1.82) is 0 Å². The van der Waals surface area contributed by atoms with Gasteiger partial charge in [-0.1, -0.05) is 44.7 Å². The van der Waals surface area contributed by atoms with Crippen molar-refractivity contribution in [1.82, 2.24) is 10.6 Å². The summed E-state index contributed by atoms with van der Waals surface area (Å²) in [6.07, 6.45) is 6.25. The molecule has 25 heavy (non-hydrogen) atoms. The van der Waals surface area contributed by atoms with Gasteiger partial charge in [0.05, 0.1) is 0 Å². The van der Waals surface area contributed by atoms with E-state index in [9.17, 15) is 14.4 Å². The number of hydrogen-bond donors (Lipinski definition) is 2. The fourth-order valence-corrected chi connectivity index (χ4v) is 3.26. The highest BCUT2D eigenvalue weighted by Crippen LogP contribution is 2.29. The Hall–Kier alpha value is -2.17. The van der Waals surface area contributed by atoms with Crippen LogP contribution in [-0.2, 0) is 4.79 Å². The minimum atomic E-state index is -0.817. The van der Waals surface area contributed by atoms with Crippen molar-refractivity contribution < 1.29 is 14.4 Å². The summed E-state index contributed by atoms with van der Waals surface area (Å²) in [6.45, 7) is 4.21. The molecule has 0 radical (unpaired) electrons. The summed E-state index contributed by atoms with van der Waals surface area (Å²) in [4.78, 5) is 36.7. The van der Waals surface area contributed by atoms with Gasteiger partial charge in [0.15, 0.2) is 5.78 Å². The minimum absolute atomic E-state index is 0.0361. The second kappa shape index (κ2) is 8.79. The first kappa shape index (κ1) is 19.2. The van der Waals surface area contributed by atoms with E-state index in [0.29, 0.717) is 30.5 Å². The lowest BCUT2D eigenvalue weighted by Crippen LogP contribution is -2.59. The molecule has 2 amide bonds. The number of hydrogen-bond acceptors (Lipinski definition) is 3. The van der Waals surface area contributed by atoms with Crippen LogP contribution < -0.4 is 10.6 Å². The number of carbonyl (C=O) groups excluding carboxylic acids is 3. The lowest BCUT2D eigenvalue weighted by atomic mass is 9.80. The van der Waals surface area contributed by atoms with Crippen molar-refractivity contribution >= 4 is 17.6 Å². The van der Waals surface area contributed by atoms with E-state index in [2.05, 4.69) is 17.6 Å². The number of amides is 2. The van der Waals surface area contributed by atoms with Gasteiger partial charge in [0.2, 0.25) is 5.91 Å². The highest BCUT2D eigenvalue weighted by molar-refractivity contribution is 6.00. The summed E-state index contributed by atoms with van der Waals surface area (Å²) in [5, 5.41) is 5.96. The van der Waals surface area contributed by atoms with Crippen LogP contribution in [0.1, 0.15) is 79.5 Å². The van der Waals surface area contributed by atoms with Crippen molar-refractivity contribution in [3.05, 3.63) is 35.4 Å². The smallest absolute Gasteiger partial charge is 0.252 e. The third-order valence-electron chi connectivity index (χ3n) is 4.86. The minimum Gasteiger partial charge on any atom is -0.354 e. The Morgan fingerprint density at radius 1 is 1.00 bits per heavy atom. The number of unbranched alkanes of at least 4 members (excludes halogenated alkanes) is 1. The number of rotatable bonds is 7. The van der Waals surface area contributed by atoms with Crippen LogP contribution in [0.15, 0.2) is 24.3 Å². The summed E-state index contributed by atoms with van der Waals surface area (Å²) in [5.41, 5.74) is 0.222. The van der Waals surface area contributed by atoms with Gasteiger partial charge in [-0.2, -0.15) is 0 Å². The summed E-state index contributed by atoms with van der Waals surface area (Å²) >= 11 is 0. The molecule has 0 aliphatic heterocycles. The number of benzene rings is 1. The molecule has 1 aromatic carbocycles. The first-order valence-corrected chi connectivity index (χ1v) is 9.20.